The second kappa shape index (κ2) is 10.1. The van der Waals surface area contributed by atoms with Crippen molar-refractivity contribution in [3.8, 4) is 0 Å². The van der Waals surface area contributed by atoms with E-state index in [2.05, 4.69) is 46.4 Å². The molecule has 0 radical (unpaired) electrons. The molecule has 0 bridgehead atoms. The van der Waals surface area contributed by atoms with Crippen molar-refractivity contribution in [2.24, 2.45) is 5.92 Å². The Bertz CT molecular complexity index is 742. The van der Waals surface area contributed by atoms with E-state index in [1.165, 1.54) is 32.5 Å². The molecule has 0 saturated carbocycles. The van der Waals surface area contributed by atoms with Crippen LogP contribution in [-0.2, 0) is 0 Å². The van der Waals surface area contributed by atoms with Gasteiger partial charge < -0.3 is 15.1 Å². The van der Waals surface area contributed by atoms with E-state index in [1.807, 2.05) is 41.3 Å². The molecule has 5 heteroatoms. The number of nitrogens with one attached hydrogen (secondary N) is 1. The van der Waals surface area contributed by atoms with Crippen molar-refractivity contribution in [2.75, 3.05) is 52.9 Å². The molecule has 0 aliphatic carbocycles. The fourth-order valence-corrected chi connectivity index (χ4v) is 4.61. The van der Waals surface area contributed by atoms with Crippen LogP contribution in [0.15, 0.2) is 60.7 Å². The normalized spacial score (nSPS) is 19.2. The lowest BCUT2D eigenvalue weighted by Gasteiger charge is -2.38. The Morgan fingerprint density at radius 2 is 1.40 bits per heavy atom. The molecule has 5 nitrogen and oxygen atoms in total. The van der Waals surface area contributed by atoms with E-state index < -0.39 is 0 Å². The van der Waals surface area contributed by atoms with Gasteiger partial charge in [-0.3, -0.25) is 4.90 Å². The lowest BCUT2D eigenvalue weighted by atomic mass is 9.96. The summed E-state index contributed by atoms with van der Waals surface area (Å²) >= 11 is 0. The summed E-state index contributed by atoms with van der Waals surface area (Å²) in [7, 11) is 2.21. The van der Waals surface area contributed by atoms with Gasteiger partial charge in [-0.2, -0.15) is 0 Å². The van der Waals surface area contributed by atoms with Crippen LogP contribution in [0.2, 0.25) is 0 Å². The van der Waals surface area contributed by atoms with E-state index in [4.69, 9.17) is 0 Å². The number of benzene rings is 2. The van der Waals surface area contributed by atoms with Gasteiger partial charge in [0.15, 0.2) is 0 Å². The highest BCUT2D eigenvalue weighted by Crippen LogP contribution is 2.23. The number of piperidine rings is 1. The predicted molar refractivity (Wildman–Crippen MR) is 121 cm³/mol. The maximum absolute atomic E-state index is 13.1. The van der Waals surface area contributed by atoms with E-state index in [0.29, 0.717) is 0 Å². The minimum absolute atomic E-state index is 0.0339. The first-order chi connectivity index (χ1) is 14.7. The first-order valence-electron chi connectivity index (χ1n) is 11.3. The molecule has 160 valence electrons. The van der Waals surface area contributed by atoms with Crippen LogP contribution in [0.1, 0.15) is 30.0 Å². The highest BCUT2D eigenvalue weighted by molar-refractivity contribution is 5.75. The number of rotatable bonds is 5. The number of piperazine rings is 1. The third-order valence-corrected chi connectivity index (χ3v) is 6.55. The first kappa shape index (κ1) is 20.9. The third-order valence-electron chi connectivity index (χ3n) is 6.55. The molecule has 2 aliphatic heterocycles. The van der Waals surface area contributed by atoms with Crippen LogP contribution in [0.4, 0.5) is 4.79 Å². The summed E-state index contributed by atoms with van der Waals surface area (Å²) in [5.41, 5.74) is 2.22. The molecule has 4 rings (SSSR count). The van der Waals surface area contributed by atoms with Crippen molar-refractivity contribution in [2.45, 2.75) is 18.9 Å². The topological polar surface area (TPSA) is 38.8 Å². The molecular formula is C25H34N4O. The van der Waals surface area contributed by atoms with Gasteiger partial charge in [0.1, 0.15) is 0 Å². The lowest BCUT2D eigenvalue weighted by molar-refractivity contribution is 0.109. The van der Waals surface area contributed by atoms with Gasteiger partial charge in [-0.05, 0) is 50.0 Å². The standard InChI is InChI=1S/C25H34N4O/c1-27-14-12-21(13-15-27)20-28-16-18-29(19-17-28)25(30)26-24(22-8-4-2-5-9-22)23-10-6-3-7-11-23/h2-11,21,24H,12-20H2,1H3,(H,26,30). The van der Waals surface area contributed by atoms with E-state index in [9.17, 15) is 4.79 Å². The van der Waals surface area contributed by atoms with Crippen molar-refractivity contribution in [3.63, 3.8) is 0 Å². The Morgan fingerprint density at radius 3 is 1.93 bits per heavy atom. The van der Waals surface area contributed by atoms with Gasteiger partial charge in [0, 0.05) is 32.7 Å². The minimum Gasteiger partial charge on any atom is -0.327 e. The van der Waals surface area contributed by atoms with Crippen LogP contribution in [0.3, 0.4) is 0 Å². The summed E-state index contributed by atoms with van der Waals surface area (Å²) < 4.78 is 0. The lowest BCUT2D eigenvalue weighted by Crippen LogP contribution is -2.53. The Balaban J connectivity index is 1.33. The summed E-state index contributed by atoms with van der Waals surface area (Å²) in [5, 5.41) is 3.28. The summed E-state index contributed by atoms with van der Waals surface area (Å²) in [4.78, 5) is 20.0. The number of nitrogens with zero attached hydrogens (tertiary/aromatic N) is 3. The molecule has 0 atom stereocenters. The largest absolute Gasteiger partial charge is 0.327 e. The maximum Gasteiger partial charge on any atom is 0.318 e. The van der Waals surface area contributed by atoms with Gasteiger partial charge in [-0.15, -0.1) is 0 Å². The number of carbonyl (C=O) groups is 1. The van der Waals surface area contributed by atoms with Crippen LogP contribution in [0, 0.1) is 5.92 Å². The first-order valence-corrected chi connectivity index (χ1v) is 11.3. The monoisotopic (exact) mass is 406 g/mol. The van der Waals surface area contributed by atoms with Gasteiger partial charge in [-0.25, -0.2) is 4.79 Å². The summed E-state index contributed by atoms with van der Waals surface area (Å²) in [6, 6.07) is 20.4. The number of likely N-dealkylation sites (tertiary alicyclic amines) is 1. The summed E-state index contributed by atoms with van der Waals surface area (Å²) in [5.74, 6) is 0.808. The number of urea groups is 1. The Kier molecular flexibility index (Phi) is 7.03. The quantitative estimate of drug-likeness (QED) is 0.827. The second-order valence-electron chi connectivity index (χ2n) is 8.74. The van der Waals surface area contributed by atoms with Gasteiger partial charge in [0.25, 0.3) is 0 Å². The zero-order chi connectivity index (χ0) is 20.8. The molecule has 0 spiro atoms. The van der Waals surface area contributed by atoms with Crippen LogP contribution in [0.25, 0.3) is 0 Å². The van der Waals surface area contributed by atoms with Crippen molar-refractivity contribution in [3.05, 3.63) is 71.8 Å². The molecular weight excluding hydrogens is 372 g/mol. The SMILES string of the molecule is CN1CCC(CN2CCN(C(=O)NC(c3ccccc3)c3ccccc3)CC2)CC1. The maximum atomic E-state index is 13.1. The summed E-state index contributed by atoms with van der Waals surface area (Å²) in [6.45, 7) is 7.16. The van der Waals surface area contributed by atoms with Crippen molar-refractivity contribution in [1.82, 2.24) is 20.0 Å². The van der Waals surface area contributed by atoms with Crippen molar-refractivity contribution in [1.29, 1.82) is 0 Å². The zero-order valence-electron chi connectivity index (χ0n) is 18.0. The van der Waals surface area contributed by atoms with Gasteiger partial charge in [0.05, 0.1) is 6.04 Å². The highest BCUT2D eigenvalue weighted by Gasteiger charge is 2.26. The second-order valence-corrected chi connectivity index (χ2v) is 8.74. The van der Waals surface area contributed by atoms with Gasteiger partial charge in [0.2, 0.25) is 0 Å². The van der Waals surface area contributed by atoms with E-state index in [0.717, 1.165) is 43.2 Å². The molecule has 1 N–H and O–H groups in total. The molecule has 30 heavy (non-hydrogen) atoms. The van der Waals surface area contributed by atoms with Crippen LogP contribution in [0.5, 0.6) is 0 Å². The fraction of sp³-hybridized carbons (Fsp3) is 0.480. The number of amides is 2. The average Bonchev–Trinajstić information content (AvgIpc) is 2.80. The van der Waals surface area contributed by atoms with Crippen molar-refractivity contribution >= 4 is 6.03 Å². The number of carbonyl (C=O) groups excluding carboxylic acids is 1. The molecule has 2 aromatic carbocycles. The average molecular weight is 407 g/mol. The number of hydrogen-bond donors (Lipinski definition) is 1. The Hall–Kier alpha value is -2.37. The Labute approximate surface area is 180 Å². The molecule has 2 aliphatic rings. The molecule has 0 aromatic heterocycles. The van der Waals surface area contributed by atoms with Crippen molar-refractivity contribution < 1.29 is 4.79 Å². The molecule has 0 unspecified atom stereocenters. The van der Waals surface area contributed by atoms with Crippen LogP contribution < -0.4 is 5.32 Å². The molecule has 2 saturated heterocycles. The van der Waals surface area contributed by atoms with Crippen LogP contribution in [-0.4, -0.2) is 73.6 Å². The molecule has 2 aromatic rings. The van der Waals surface area contributed by atoms with Crippen LogP contribution >= 0.6 is 0 Å². The van der Waals surface area contributed by atoms with E-state index in [-0.39, 0.29) is 12.1 Å². The van der Waals surface area contributed by atoms with E-state index in [1.54, 1.807) is 0 Å². The van der Waals surface area contributed by atoms with Gasteiger partial charge in [-0.1, -0.05) is 60.7 Å². The number of hydrogen-bond acceptors (Lipinski definition) is 3. The van der Waals surface area contributed by atoms with E-state index >= 15 is 0 Å². The fourth-order valence-electron chi connectivity index (χ4n) is 4.61. The predicted octanol–water partition coefficient (Wildman–Crippen LogP) is 3.45. The van der Waals surface area contributed by atoms with Gasteiger partial charge >= 0.3 is 6.03 Å². The smallest absolute Gasteiger partial charge is 0.318 e. The molecule has 2 fully saturated rings. The molecule has 2 amide bonds. The highest BCUT2D eigenvalue weighted by atomic mass is 16.2. The zero-order valence-corrected chi connectivity index (χ0v) is 18.0. The Morgan fingerprint density at radius 1 is 0.867 bits per heavy atom. The minimum atomic E-state index is -0.128. The summed E-state index contributed by atoms with van der Waals surface area (Å²) in [6.07, 6.45) is 2.60. The molecule has 2 heterocycles. The third kappa shape index (κ3) is 5.41.